The molecule has 0 spiro atoms. The van der Waals surface area contributed by atoms with E-state index in [1.165, 1.54) is 18.3 Å². The van der Waals surface area contributed by atoms with Crippen molar-refractivity contribution >= 4 is 11.6 Å². The molecule has 5 nitrogen and oxygen atoms in total. The van der Waals surface area contributed by atoms with Gasteiger partial charge in [-0.2, -0.15) is 13.2 Å². The van der Waals surface area contributed by atoms with E-state index in [-0.39, 0.29) is 23.4 Å². The van der Waals surface area contributed by atoms with Gasteiger partial charge in [0.2, 0.25) is 5.88 Å². The number of carbonyl (C=O) groups excluding carboxylic acids is 1. The van der Waals surface area contributed by atoms with Crippen molar-refractivity contribution in [3.63, 3.8) is 0 Å². The molecule has 138 valence electrons. The third-order valence-electron chi connectivity index (χ3n) is 4.17. The predicted octanol–water partition coefficient (Wildman–Crippen LogP) is 3.41. The van der Waals surface area contributed by atoms with Crippen LogP contribution in [0.3, 0.4) is 0 Å². The second-order valence-corrected chi connectivity index (χ2v) is 6.17. The van der Waals surface area contributed by atoms with Crippen LogP contribution in [0.2, 0.25) is 0 Å². The van der Waals surface area contributed by atoms with Gasteiger partial charge >= 0.3 is 6.18 Å². The average Bonchev–Trinajstić information content (AvgIpc) is 2.59. The Labute approximate surface area is 148 Å². The number of aryl methyl sites for hydroxylation is 1. The third kappa shape index (κ3) is 4.44. The summed E-state index contributed by atoms with van der Waals surface area (Å²) in [5.41, 5.74) is 8.91. The topological polar surface area (TPSA) is 77.2 Å². The molecule has 1 aliphatic rings. The molecule has 1 aromatic heterocycles. The Balaban J connectivity index is 1.66. The number of ether oxygens (including phenoxy) is 1. The minimum Gasteiger partial charge on any atom is -0.468 e. The Morgan fingerprint density at radius 2 is 2.12 bits per heavy atom. The van der Waals surface area contributed by atoms with Crippen LogP contribution in [0.4, 0.5) is 18.9 Å². The number of nitrogens with one attached hydrogen (secondary N) is 1. The van der Waals surface area contributed by atoms with Gasteiger partial charge in [-0.3, -0.25) is 4.79 Å². The quantitative estimate of drug-likeness (QED) is 0.814. The molecule has 0 fully saturated rings. The van der Waals surface area contributed by atoms with Crippen molar-refractivity contribution < 1.29 is 22.7 Å². The second-order valence-electron chi connectivity index (χ2n) is 6.17. The molecule has 1 unspecified atom stereocenters. The van der Waals surface area contributed by atoms with E-state index in [0.29, 0.717) is 5.69 Å². The number of alkyl halides is 3. The van der Waals surface area contributed by atoms with Crippen molar-refractivity contribution in [1.29, 1.82) is 0 Å². The minimum atomic E-state index is -4.44. The molecule has 1 amide bonds. The lowest BCUT2D eigenvalue weighted by Crippen LogP contribution is -2.31. The lowest BCUT2D eigenvalue weighted by molar-refractivity contribution is -0.154. The average molecular weight is 365 g/mol. The number of aromatic nitrogens is 1. The Kier molecular flexibility index (Phi) is 5.01. The number of carbonyl (C=O) groups is 1. The standard InChI is InChI=1S/C18H18F3N3O2/c19-18(20,21)10-26-16-7-4-12(9-23-16)17(25)24-15-3-1-2-11-8-13(22)5-6-14(11)15/h4-9,15H,1-3,10,22H2,(H,24,25). The highest BCUT2D eigenvalue weighted by atomic mass is 19.4. The van der Waals surface area contributed by atoms with Gasteiger partial charge in [0.15, 0.2) is 6.61 Å². The first-order valence-corrected chi connectivity index (χ1v) is 8.16. The highest BCUT2D eigenvalue weighted by Crippen LogP contribution is 2.31. The molecule has 2 aromatic rings. The summed E-state index contributed by atoms with van der Waals surface area (Å²) in [7, 11) is 0. The number of amides is 1. The van der Waals surface area contributed by atoms with E-state index in [1.54, 1.807) is 6.07 Å². The van der Waals surface area contributed by atoms with Gasteiger partial charge < -0.3 is 15.8 Å². The van der Waals surface area contributed by atoms with Crippen LogP contribution in [0, 0.1) is 0 Å². The SMILES string of the molecule is Nc1ccc2c(c1)CCCC2NC(=O)c1ccc(OCC(F)(F)F)nc1. The maximum atomic E-state index is 12.4. The zero-order chi connectivity index (χ0) is 18.7. The van der Waals surface area contributed by atoms with Gasteiger partial charge in [-0.1, -0.05) is 6.07 Å². The first-order chi connectivity index (χ1) is 12.3. The van der Waals surface area contributed by atoms with Crippen LogP contribution in [-0.2, 0) is 6.42 Å². The number of hydrogen-bond acceptors (Lipinski definition) is 4. The minimum absolute atomic E-state index is 0.131. The van der Waals surface area contributed by atoms with E-state index in [9.17, 15) is 18.0 Å². The number of nitrogens with two attached hydrogens (primary N) is 1. The van der Waals surface area contributed by atoms with Crippen molar-refractivity contribution in [3.05, 3.63) is 53.2 Å². The molecule has 3 N–H and O–H groups in total. The summed E-state index contributed by atoms with van der Waals surface area (Å²) in [5.74, 6) is -0.521. The van der Waals surface area contributed by atoms with E-state index >= 15 is 0 Å². The summed E-state index contributed by atoms with van der Waals surface area (Å²) in [5, 5.41) is 2.95. The van der Waals surface area contributed by atoms with Crippen molar-refractivity contribution in [2.45, 2.75) is 31.5 Å². The predicted molar refractivity (Wildman–Crippen MR) is 89.8 cm³/mol. The van der Waals surface area contributed by atoms with Crippen molar-refractivity contribution in [1.82, 2.24) is 10.3 Å². The molecule has 0 aliphatic heterocycles. The van der Waals surface area contributed by atoms with Gasteiger partial charge in [-0.25, -0.2) is 4.98 Å². The number of benzene rings is 1. The fraction of sp³-hybridized carbons (Fsp3) is 0.333. The molecule has 1 aliphatic carbocycles. The summed E-state index contributed by atoms with van der Waals surface area (Å²) in [4.78, 5) is 16.2. The monoisotopic (exact) mass is 365 g/mol. The first-order valence-electron chi connectivity index (χ1n) is 8.16. The van der Waals surface area contributed by atoms with Crippen LogP contribution in [0.25, 0.3) is 0 Å². The number of fused-ring (bicyclic) bond motifs is 1. The molecule has 8 heteroatoms. The molecule has 26 heavy (non-hydrogen) atoms. The largest absolute Gasteiger partial charge is 0.468 e. The summed E-state index contributed by atoms with van der Waals surface area (Å²) < 4.78 is 40.9. The van der Waals surface area contributed by atoms with Gasteiger partial charge in [0.1, 0.15) is 0 Å². The van der Waals surface area contributed by atoms with Gasteiger partial charge in [-0.15, -0.1) is 0 Å². The van der Waals surface area contributed by atoms with Gasteiger partial charge in [0.05, 0.1) is 11.6 Å². The molecule has 0 bridgehead atoms. The summed E-state index contributed by atoms with van der Waals surface area (Å²) in [6.45, 7) is -1.42. The molecule has 0 radical (unpaired) electrons. The molecular weight excluding hydrogens is 347 g/mol. The molecule has 1 atom stereocenters. The van der Waals surface area contributed by atoms with Gasteiger partial charge in [-0.05, 0) is 48.6 Å². The second kappa shape index (κ2) is 7.23. The Morgan fingerprint density at radius 3 is 2.81 bits per heavy atom. The van der Waals surface area contributed by atoms with Crippen LogP contribution in [0.5, 0.6) is 5.88 Å². The lowest BCUT2D eigenvalue weighted by Gasteiger charge is -2.26. The zero-order valence-corrected chi connectivity index (χ0v) is 13.8. The summed E-state index contributed by atoms with van der Waals surface area (Å²) in [6.07, 6.45) is -0.574. The van der Waals surface area contributed by atoms with Crippen LogP contribution < -0.4 is 15.8 Å². The Morgan fingerprint density at radius 1 is 1.31 bits per heavy atom. The smallest absolute Gasteiger partial charge is 0.422 e. The van der Waals surface area contributed by atoms with Crippen molar-refractivity contribution in [2.24, 2.45) is 0 Å². The van der Waals surface area contributed by atoms with E-state index in [2.05, 4.69) is 15.0 Å². The van der Waals surface area contributed by atoms with Crippen molar-refractivity contribution in [2.75, 3.05) is 12.3 Å². The molecule has 0 saturated heterocycles. The van der Waals surface area contributed by atoms with E-state index in [1.807, 2.05) is 12.1 Å². The Hall–Kier alpha value is -2.77. The molecule has 0 saturated carbocycles. The van der Waals surface area contributed by atoms with Crippen LogP contribution >= 0.6 is 0 Å². The maximum Gasteiger partial charge on any atom is 0.422 e. The van der Waals surface area contributed by atoms with Crippen molar-refractivity contribution in [3.8, 4) is 5.88 Å². The number of nitrogens with zero attached hydrogens (tertiary/aromatic N) is 1. The van der Waals surface area contributed by atoms with Crippen LogP contribution in [-0.4, -0.2) is 23.7 Å². The molecular formula is C18H18F3N3O2. The lowest BCUT2D eigenvalue weighted by atomic mass is 9.87. The number of hydrogen-bond donors (Lipinski definition) is 2. The van der Waals surface area contributed by atoms with Crippen LogP contribution in [0.1, 0.15) is 40.4 Å². The van der Waals surface area contributed by atoms with E-state index < -0.39 is 12.8 Å². The maximum absolute atomic E-state index is 12.4. The highest BCUT2D eigenvalue weighted by molar-refractivity contribution is 5.94. The van der Waals surface area contributed by atoms with E-state index in [0.717, 1.165) is 30.4 Å². The number of halogens is 3. The first kappa shape index (κ1) is 18.0. The number of rotatable bonds is 4. The zero-order valence-electron chi connectivity index (χ0n) is 13.8. The summed E-state index contributed by atoms with van der Waals surface area (Å²) >= 11 is 0. The number of nitrogen functional groups attached to an aromatic ring is 1. The highest BCUT2D eigenvalue weighted by Gasteiger charge is 2.28. The number of pyridine rings is 1. The molecule has 1 heterocycles. The molecule has 3 rings (SSSR count). The fourth-order valence-corrected chi connectivity index (χ4v) is 2.98. The molecule has 1 aromatic carbocycles. The third-order valence-corrected chi connectivity index (χ3v) is 4.17. The summed E-state index contributed by atoms with van der Waals surface area (Å²) in [6, 6.07) is 8.14. The Bertz CT molecular complexity index is 791. The number of anilines is 1. The normalized spacial score (nSPS) is 16.7. The fourth-order valence-electron chi connectivity index (χ4n) is 2.98. The van der Waals surface area contributed by atoms with Crippen LogP contribution in [0.15, 0.2) is 36.5 Å². The van der Waals surface area contributed by atoms with Gasteiger partial charge in [0.25, 0.3) is 5.91 Å². The van der Waals surface area contributed by atoms with Gasteiger partial charge in [0, 0.05) is 18.0 Å². The van der Waals surface area contributed by atoms with E-state index in [4.69, 9.17) is 5.73 Å².